The molecule has 13 heteroatoms. The topological polar surface area (TPSA) is 114 Å². The maximum atomic E-state index is 11.8. The van der Waals surface area contributed by atoms with Gasteiger partial charge in [-0.15, -0.1) is 60.2 Å². The minimum Gasteiger partial charge on any atom is -0.494 e. The van der Waals surface area contributed by atoms with Crippen molar-refractivity contribution in [1.29, 1.82) is 21.0 Å². The molecular formula is C43H47F3N4O2S4. The van der Waals surface area contributed by atoms with Crippen LogP contribution in [0.1, 0.15) is 56.2 Å². The van der Waals surface area contributed by atoms with E-state index in [4.69, 9.17) is 25.8 Å². The lowest BCUT2D eigenvalue weighted by Crippen LogP contribution is -2.16. The zero-order valence-corrected chi connectivity index (χ0v) is 35.4. The lowest BCUT2D eigenvalue weighted by atomic mass is 10.1. The van der Waals surface area contributed by atoms with Gasteiger partial charge in [0.1, 0.15) is 11.5 Å². The molecular weight excluding hydrogens is 790 g/mol. The Balaban J connectivity index is 0.000000375. The Kier molecular flexibility index (Phi) is 27.3. The first-order valence-corrected chi connectivity index (χ1v) is 21.7. The van der Waals surface area contributed by atoms with Gasteiger partial charge in [0.2, 0.25) is 0 Å². The Morgan fingerprint density at radius 1 is 0.554 bits per heavy atom. The van der Waals surface area contributed by atoms with Crippen molar-refractivity contribution in [2.24, 2.45) is 0 Å². The largest absolute Gasteiger partial charge is 0.573 e. The van der Waals surface area contributed by atoms with Crippen LogP contribution in [-0.2, 0) is 6.42 Å². The molecule has 0 N–H and O–H groups in total. The SMILES string of the molecule is CCOc1ccc(SCCC#N)cc1.CCc1ccc(SCCC#N)cc1.Cc1cccc(SCCC#N)c1C.N#CCCSc1ccc(OC(F)(F)F)cc1. The van der Waals surface area contributed by atoms with Gasteiger partial charge in [0.25, 0.3) is 0 Å². The lowest BCUT2D eigenvalue weighted by Gasteiger charge is -2.08. The van der Waals surface area contributed by atoms with E-state index in [-0.39, 0.29) is 5.75 Å². The first kappa shape index (κ1) is 49.6. The lowest BCUT2D eigenvalue weighted by molar-refractivity contribution is -0.274. The second-order valence-electron chi connectivity index (χ2n) is 11.1. The molecule has 56 heavy (non-hydrogen) atoms. The molecule has 0 atom stereocenters. The van der Waals surface area contributed by atoms with Crippen LogP contribution in [-0.4, -0.2) is 36.0 Å². The van der Waals surface area contributed by atoms with Crippen LogP contribution in [0.4, 0.5) is 13.2 Å². The van der Waals surface area contributed by atoms with Crippen molar-refractivity contribution in [3.63, 3.8) is 0 Å². The summed E-state index contributed by atoms with van der Waals surface area (Å²) in [5, 5.41) is 33.5. The highest BCUT2D eigenvalue weighted by atomic mass is 32.2. The fourth-order valence-electron chi connectivity index (χ4n) is 4.09. The number of hydrogen-bond acceptors (Lipinski definition) is 10. The van der Waals surface area contributed by atoms with Crippen LogP contribution in [0.3, 0.4) is 0 Å². The van der Waals surface area contributed by atoms with Gasteiger partial charge in [0, 0.05) is 68.3 Å². The molecule has 0 saturated carbocycles. The van der Waals surface area contributed by atoms with Gasteiger partial charge < -0.3 is 9.47 Å². The summed E-state index contributed by atoms with van der Waals surface area (Å²) in [6.45, 7) is 9.06. The third-order valence-corrected chi connectivity index (χ3v) is 11.2. The Labute approximate surface area is 347 Å². The number of aryl methyl sites for hydroxylation is 2. The Bertz CT molecular complexity index is 1830. The molecule has 0 radical (unpaired) electrons. The van der Waals surface area contributed by atoms with Crippen molar-refractivity contribution >= 4 is 47.0 Å². The van der Waals surface area contributed by atoms with Crippen molar-refractivity contribution in [3.05, 3.63) is 108 Å². The molecule has 0 aliphatic heterocycles. The van der Waals surface area contributed by atoms with Crippen LogP contribution in [0.15, 0.2) is 111 Å². The fourth-order valence-corrected chi connectivity index (χ4v) is 7.33. The second kappa shape index (κ2) is 30.8. The van der Waals surface area contributed by atoms with Gasteiger partial charge in [-0.2, -0.15) is 21.0 Å². The smallest absolute Gasteiger partial charge is 0.494 e. The van der Waals surface area contributed by atoms with Gasteiger partial charge >= 0.3 is 6.36 Å². The average Bonchev–Trinajstić information content (AvgIpc) is 3.19. The third-order valence-electron chi connectivity index (χ3n) is 7.00. The van der Waals surface area contributed by atoms with Crippen molar-refractivity contribution in [2.75, 3.05) is 29.6 Å². The van der Waals surface area contributed by atoms with E-state index in [1.54, 1.807) is 35.3 Å². The summed E-state index contributed by atoms with van der Waals surface area (Å²) in [6, 6.07) is 36.8. The molecule has 0 aliphatic rings. The second-order valence-corrected chi connectivity index (χ2v) is 15.8. The molecule has 4 aromatic rings. The number of nitrogens with zero attached hydrogens (tertiary/aromatic N) is 4. The summed E-state index contributed by atoms with van der Waals surface area (Å²) in [5.74, 6) is 3.91. The molecule has 0 saturated heterocycles. The summed E-state index contributed by atoms with van der Waals surface area (Å²) < 4.78 is 44.5. The number of hydrogen-bond donors (Lipinski definition) is 0. The average molecular weight is 837 g/mol. The number of thioether (sulfide) groups is 4. The quantitative estimate of drug-likeness (QED) is 0.0798. The van der Waals surface area contributed by atoms with Gasteiger partial charge in [-0.3, -0.25) is 0 Å². The number of alkyl halides is 3. The van der Waals surface area contributed by atoms with Crippen LogP contribution in [0.25, 0.3) is 0 Å². The van der Waals surface area contributed by atoms with E-state index in [1.807, 2.05) is 37.3 Å². The zero-order chi connectivity index (χ0) is 41.4. The Morgan fingerprint density at radius 2 is 0.964 bits per heavy atom. The van der Waals surface area contributed by atoms with E-state index in [2.05, 4.69) is 86.2 Å². The van der Waals surface area contributed by atoms with Crippen LogP contribution in [0.5, 0.6) is 11.5 Å². The summed E-state index contributed by atoms with van der Waals surface area (Å²) >= 11 is 6.61. The molecule has 4 aromatic carbocycles. The minimum absolute atomic E-state index is 0.239. The number of halogens is 3. The maximum Gasteiger partial charge on any atom is 0.573 e. The van der Waals surface area contributed by atoms with E-state index in [0.29, 0.717) is 38.0 Å². The van der Waals surface area contributed by atoms with Crippen LogP contribution in [0, 0.1) is 59.2 Å². The van der Waals surface area contributed by atoms with E-state index >= 15 is 0 Å². The van der Waals surface area contributed by atoms with Crippen LogP contribution < -0.4 is 9.47 Å². The minimum atomic E-state index is -4.66. The highest BCUT2D eigenvalue weighted by Gasteiger charge is 2.30. The molecule has 296 valence electrons. The molecule has 6 nitrogen and oxygen atoms in total. The summed E-state index contributed by atoms with van der Waals surface area (Å²) in [4.78, 5) is 4.55. The van der Waals surface area contributed by atoms with E-state index < -0.39 is 6.36 Å². The van der Waals surface area contributed by atoms with Gasteiger partial charge in [0.05, 0.1) is 30.9 Å². The van der Waals surface area contributed by atoms with Crippen molar-refractivity contribution < 1.29 is 22.6 Å². The predicted molar refractivity (Wildman–Crippen MR) is 226 cm³/mol. The van der Waals surface area contributed by atoms with Crippen molar-refractivity contribution in [3.8, 4) is 35.8 Å². The number of rotatable bonds is 16. The first-order valence-electron chi connectivity index (χ1n) is 17.7. The summed E-state index contributed by atoms with van der Waals surface area (Å²) in [5.41, 5.74) is 4.03. The fraction of sp³-hybridized carbons (Fsp3) is 0.349. The van der Waals surface area contributed by atoms with Crippen LogP contribution in [0.2, 0.25) is 0 Å². The van der Waals surface area contributed by atoms with E-state index in [0.717, 1.165) is 34.3 Å². The summed E-state index contributed by atoms with van der Waals surface area (Å²) in [7, 11) is 0. The predicted octanol–water partition coefficient (Wildman–Crippen LogP) is 13.2. The molecule has 0 spiro atoms. The highest BCUT2D eigenvalue weighted by molar-refractivity contribution is 8.00. The van der Waals surface area contributed by atoms with E-state index in [9.17, 15) is 13.2 Å². The Hall–Kier alpha value is -4.37. The first-order chi connectivity index (χ1) is 27.0. The van der Waals surface area contributed by atoms with Gasteiger partial charge in [-0.05, 0) is 111 Å². The molecule has 0 unspecified atom stereocenters. The Morgan fingerprint density at radius 3 is 1.36 bits per heavy atom. The molecule has 4 rings (SSSR count). The summed E-state index contributed by atoms with van der Waals surface area (Å²) in [6.07, 6.45) is -1.32. The molecule has 0 bridgehead atoms. The molecule has 0 aliphatic carbocycles. The highest BCUT2D eigenvalue weighted by Crippen LogP contribution is 2.27. The van der Waals surface area contributed by atoms with E-state index in [1.165, 1.54) is 67.4 Å². The number of ether oxygens (including phenoxy) is 2. The standard InChI is InChI=1S/C11H13NOS.2C11H13NS.C10H8F3NOS/c1-2-13-10-4-6-11(7-5-10)14-9-3-8-12;1-9-5-3-6-11(10(9)2)13-8-4-7-12;1-2-10-4-6-11(7-5-10)13-9-3-8-12;11-10(12,13)15-8-2-4-9(5-3-8)16-7-1-6-14/h4-7H,2-3,9H2,1H3;3,5-6H,4,8H2,1-2H3;4-7H,2-3,9H2,1H3;2-5H,1,7H2. The zero-order valence-electron chi connectivity index (χ0n) is 32.1. The monoisotopic (exact) mass is 836 g/mol. The molecule has 0 aromatic heterocycles. The van der Waals surface area contributed by atoms with Crippen molar-refractivity contribution in [2.45, 2.75) is 85.7 Å². The number of benzene rings is 4. The molecule has 0 heterocycles. The maximum absolute atomic E-state index is 11.8. The van der Waals surface area contributed by atoms with Gasteiger partial charge in [-0.25, -0.2) is 0 Å². The van der Waals surface area contributed by atoms with Crippen LogP contribution >= 0.6 is 47.0 Å². The molecule has 0 fully saturated rings. The number of nitriles is 4. The van der Waals surface area contributed by atoms with Crippen molar-refractivity contribution in [1.82, 2.24) is 0 Å². The normalized spacial score (nSPS) is 9.91. The third kappa shape index (κ3) is 24.2. The molecule has 0 amide bonds. The van der Waals surface area contributed by atoms with Gasteiger partial charge in [0.15, 0.2) is 0 Å². The van der Waals surface area contributed by atoms with Gasteiger partial charge in [-0.1, -0.05) is 31.2 Å².